The van der Waals surface area contributed by atoms with Crippen molar-refractivity contribution < 1.29 is 24.2 Å². The summed E-state index contributed by atoms with van der Waals surface area (Å²) in [5.74, 6) is -2.01. The van der Waals surface area contributed by atoms with Crippen LogP contribution in [0.3, 0.4) is 0 Å². The average molecular weight is 402 g/mol. The normalized spacial score (nSPS) is 11.9. The molecule has 1 atom stereocenters. The predicted molar refractivity (Wildman–Crippen MR) is 107 cm³/mol. The van der Waals surface area contributed by atoms with Crippen molar-refractivity contribution in [3.8, 4) is 0 Å². The molecule has 0 aliphatic heterocycles. The molecule has 0 aliphatic carbocycles. The van der Waals surface area contributed by atoms with Crippen molar-refractivity contribution in [3.63, 3.8) is 0 Å². The molecule has 2 N–H and O–H groups in total. The maximum absolute atomic E-state index is 12.4. The van der Waals surface area contributed by atoms with Gasteiger partial charge in [-0.3, -0.25) is 4.79 Å². The van der Waals surface area contributed by atoms with Crippen LogP contribution in [0.4, 0.5) is 5.69 Å². The van der Waals surface area contributed by atoms with Gasteiger partial charge in [-0.25, -0.2) is 14.3 Å². The van der Waals surface area contributed by atoms with E-state index in [4.69, 9.17) is 9.84 Å². The lowest BCUT2D eigenvalue weighted by Gasteiger charge is -2.17. The number of carboxylic acids is 1. The number of carbonyl (C=O) groups excluding carboxylic acids is 2. The van der Waals surface area contributed by atoms with Crippen LogP contribution >= 0.6 is 0 Å². The topological polar surface area (TPSA) is 114 Å². The number of hydrogen-bond donors (Lipinski definition) is 2. The predicted octanol–water partition coefficient (Wildman–Crippen LogP) is 2.28. The van der Waals surface area contributed by atoms with Gasteiger partial charge >= 0.3 is 11.9 Å². The SMILES string of the molecule is CCN(CC)CCOC(=O)c1ccc(NC(=O)c2ccnn2C(C)C(=O)O)cc1. The number of ether oxygens (including phenoxy) is 1. The van der Waals surface area contributed by atoms with Gasteiger partial charge in [-0.2, -0.15) is 5.10 Å². The van der Waals surface area contributed by atoms with E-state index in [-0.39, 0.29) is 5.69 Å². The third kappa shape index (κ3) is 5.89. The first kappa shape index (κ1) is 22.1. The quantitative estimate of drug-likeness (QED) is 0.586. The van der Waals surface area contributed by atoms with E-state index in [9.17, 15) is 14.4 Å². The van der Waals surface area contributed by atoms with Crippen molar-refractivity contribution in [2.45, 2.75) is 26.8 Å². The Labute approximate surface area is 169 Å². The number of aromatic nitrogens is 2. The highest BCUT2D eigenvalue weighted by Crippen LogP contribution is 2.14. The van der Waals surface area contributed by atoms with Gasteiger partial charge in [0.25, 0.3) is 5.91 Å². The Morgan fingerprint density at radius 2 is 1.83 bits per heavy atom. The van der Waals surface area contributed by atoms with Gasteiger partial charge in [0.1, 0.15) is 18.3 Å². The number of hydrogen-bond acceptors (Lipinski definition) is 6. The lowest BCUT2D eigenvalue weighted by atomic mass is 10.2. The van der Waals surface area contributed by atoms with Crippen LogP contribution in [0.2, 0.25) is 0 Å². The van der Waals surface area contributed by atoms with E-state index in [0.29, 0.717) is 24.4 Å². The van der Waals surface area contributed by atoms with Crippen LogP contribution in [0.1, 0.15) is 47.7 Å². The van der Waals surface area contributed by atoms with Crippen molar-refractivity contribution in [3.05, 3.63) is 47.8 Å². The number of carboxylic acid groups (broad SMARTS) is 1. The van der Waals surface area contributed by atoms with Crippen LogP contribution in [0, 0.1) is 0 Å². The highest BCUT2D eigenvalue weighted by atomic mass is 16.5. The summed E-state index contributed by atoms with van der Waals surface area (Å²) < 4.78 is 6.41. The molecule has 29 heavy (non-hydrogen) atoms. The highest BCUT2D eigenvalue weighted by molar-refractivity contribution is 6.03. The molecule has 0 spiro atoms. The molecule has 9 nitrogen and oxygen atoms in total. The number of anilines is 1. The highest BCUT2D eigenvalue weighted by Gasteiger charge is 2.21. The van der Waals surface area contributed by atoms with Crippen LogP contribution in [-0.4, -0.2) is 63.9 Å². The average Bonchev–Trinajstić information content (AvgIpc) is 3.21. The van der Waals surface area contributed by atoms with E-state index >= 15 is 0 Å². The fourth-order valence-corrected chi connectivity index (χ4v) is 2.68. The minimum absolute atomic E-state index is 0.125. The van der Waals surface area contributed by atoms with Crippen molar-refractivity contribution in [1.29, 1.82) is 0 Å². The van der Waals surface area contributed by atoms with E-state index in [1.54, 1.807) is 24.3 Å². The fourth-order valence-electron chi connectivity index (χ4n) is 2.68. The third-order valence-electron chi connectivity index (χ3n) is 4.54. The molecule has 1 amide bonds. The molecule has 0 bridgehead atoms. The first-order valence-electron chi connectivity index (χ1n) is 9.44. The largest absolute Gasteiger partial charge is 0.480 e. The summed E-state index contributed by atoms with van der Waals surface area (Å²) in [6.07, 6.45) is 1.37. The number of nitrogens with zero attached hydrogens (tertiary/aromatic N) is 3. The van der Waals surface area contributed by atoms with Gasteiger partial charge in [-0.15, -0.1) is 0 Å². The number of rotatable bonds is 10. The number of amides is 1. The number of aliphatic carboxylic acids is 1. The van der Waals surface area contributed by atoms with Gasteiger partial charge in [0.15, 0.2) is 0 Å². The Bertz CT molecular complexity index is 843. The zero-order valence-electron chi connectivity index (χ0n) is 16.8. The Kier molecular flexibility index (Phi) is 7.90. The Morgan fingerprint density at radius 1 is 1.17 bits per heavy atom. The number of benzene rings is 1. The van der Waals surface area contributed by atoms with E-state index in [2.05, 4.69) is 15.3 Å². The summed E-state index contributed by atoms with van der Waals surface area (Å²) >= 11 is 0. The standard InChI is InChI=1S/C20H26N4O5/c1-4-23(5-2)12-13-29-20(28)15-6-8-16(9-7-15)22-18(25)17-10-11-21-24(17)14(3)19(26)27/h6-11,14H,4-5,12-13H2,1-3H3,(H,22,25)(H,26,27). The molecule has 0 radical (unpaired) electrons. The lowest BCUT2D eigenvalue weighted by molar-refractivity contribution is -0.140. The molecule has 2 rings (SSSR count). The molecule has 1 unspecified atom stereocenters. The summed E-state index contributed by atoms with van der Waals surface area (Å²) in [7, 11) is 0. The van der Waals surface area contributed by atoms with Crippen LogP contribution in [0.15, 0.2) is 36.5 Å². The summed E-state index contributed by atoms with van der Waals surface area (Å²) in [5.41, 5.74) is 0.970. The van der Waals surface area contributed by atoms with E-state index < -0.39 is 23.9 Å². The summed E-state index contributed by atoms with van der Waals surface area (Å²) in [6, 6.07) is 6.76. The maximum atomic E-state index is 12.4. The van der Waals surface area contributed by atoms with Gasteiger partial charge in [0.2, 0.25) is 0 Å². The molecule has 0 fully saturated rings. The number of nitrogens with one attached hydrogen (secondary N) is 1. The van der Waals surface area contributed by atoms with Crippen molar-refractivity contribution >= 4 is 23.5 Å². The second-order valence-corrected chi connectivity index (χ2v) is 6.37. The van der Waals surface area contributed by atoms with Crippen molar-refractivity contribution in [1.82, 2.24) is 14.7 Å². The Morgan fingerprint density at radius 3 is 2.41 bits per heavy atom. The minimum atomic E-state index is -1.09. The van der Waals surface area contributed by atoms with Gasteiger partial charge in [-0.1, -0.05) is 13.8 Å². The van der Waals surface area contributed by atoms with Gasteiger partial charge < -0.3 is 20.1 Å². The van der Waals surface area contributed by atoms with Gasteiger partial charge in [-0.05, 0) is 50.3 Å². The molecule has 1 aromatic heterocycles. The Hall–Kier alpha value is -3.20. The molecule has 2 aromatic rings. The first-order chi connectivity index (χ1) is 13.9. The van der Waals surface area contributed by atoms with E-state index in [1.807, 2.05) is 13.8 Å². The summed E-state index contributed by atoms with van der Waals surface area (Å²) in [6.45, 7) is 8.31. The molecule has 1 heterocycles. The molecule has 1 aromatic carbocycles. The first-order valence-corrected chi connectivity index (χ1v) is 9.44. The fraction of sp³-hybridized carbons (Fsp3) is 0.400. The van der Waals surface area contributed by atoms with Crippen molar-refractivity contribution in [2.75, 3.05) is 31.6 Å². The molecule has 9 heteroatoms. The lowest BCUT2D eigenvalue weighted by Crippen LogP contribution is -2.27. The smallest absolute Gasteiger partial charge is 0.338 e. The summed E-state index contributed by atoms with van der Waals surface area (Å²) in [4.78, 5) is 37.8. The molecular formula is C20H26N4O5. The zero-order valence-corrected chi connectivity index (χ0v) is 16.8. The third-order valence-corrected chi connectivity index (χ3v) is 4.54. The number of likely N-dealkylation sites (N-methyl/N-ethyl adjacent to an activating group) is 1. The Balaban J connectivity index is 1.95. The van der Waals surface area contributed by atoms with Crippen LogP contribution in [0.5, 0.6) is 0 Å². The molecule has 156 valence electrons. The maximum Gasteiger partial charge on any atom is 0.338 e. The number of esters is 1. The second-order valence-electron chi connectivity index (χ2n) is 6.37. The van der Waals surface area contributed by atoms with Gasteiger partial charge in [0.05, 0.1) is 5.56 Å². The molecular weight excluding hydrogens is 376 g/mol. The minimum Gasteiger partial charge on any atom is -0.480 e. The van der Waals surface area contributed by atoms with Gasteiger partial charge in [0, 0.05) is 18.4 Å². The van der Waals surface area contributed by atoms with Crippen LogP contribution in [0.25, 0.3) is 0 Å². The summed E-state index contributed by atoms with van der Waals surface area (Å²) in [5, 5.41) is 15.7. The van der Waals surface area contributed by atoms with Crippen LogP contribution in [-0.2, 0) is 9.53 Å². The van der Waals surface area contributed by atoms with E-state index in [0.717, 1.165) is 17.8 Å². The monoisotopic (exact) mass is 402 g/mol. The second kappa shape index (κ2) is 10.4. The molecule has 0 saturated carbocycles. The molecule has 0 saturated heterocycles. The van der Waals surface area contributed by atoms with E-state index in [1.165, 1.54) is 19.2 Å². The number of carbonyl (C=O) groups is 3. The van der Waals surface area contributed by atoms with Crippen molar-refractivity contribution in [2.24, 2.45) is 0 Å². The molecule has 0 aliphatic rings. The van der Waals surface area contributed by atoms with Crippen LogP contribution < -0.4 is 5.32 Å². The zero-order chi connectivity index (χ0) is 21.4.